The first kappa shape index (κ1) is 22.6. The summed E-state index contributed by atoms with van der Waals surface area (Å²) in [6.45, 7) is 13.6. The second-order valence-corrected chi connectivity index (χ2v) is 15.2. The maximum atomic E-state index is 12.3. The van der Waals surface area contributed by atoms with E-state index in [-0.39, 0.29) is 6.54 Å². The summed E-state index contributed by atoms with van der Waals surface area (Å²) >= 11 is 0. The van der Waals surface area contributed by atoms with Crippen LogP contribution in [0.25, 0.3) is 0 Å². The molecule has 4 nitrogen and oxygen atoms in total. The Labute approximate surface area is 161 Å². The van der Waals surface area contributed by atoms with E-state index in [9.17, 15) is 8.42 Å². The molecule has 26 heavy (non-hydrogen) atoms. The third kappa shape index (κ3) is 5.05. The van der Waals surface area contributed by atoms with E-state index in [4.69, 9.17) is 4.74 Å². The van der Waals surface area contributed by atoms with Gasteiger partial charge in [-0.25, -0.2) is 8.42 Å². The minimum atomic E-state index is -3.43. The normalized spacial score (nSPS) is 12.3. The van der Waals surface area contributed by atoms with Crippen molar-refractivity contribution in [2.45, 2.75) is 58.2 Å². The molecule has 0 aromatic heterocycles. The van der Waals surface area contributed by atoms with Crippen LogP contribution in [0.3, 0.4) is 0 Å². The van der Waals surface area contributed by atoms with Crippen LogP contribution in [0.15, 0.2) is 24.3 Å². The van der Waals surface area contributed by atoms with E-state index in [1.165, 1.54) is 10.6 Å². The molecule has 0 spiro atoms. The number of anilines is 1. The molecule has 1 aromatic carbocycles. The molecule has 0 aliphatic heterocycles. The molecule has 0 amide bonds. The van der Waals surface area contributed by atoms with Gasteiger partial charge in [0.05, 0.1) is 25.6 Å². The fourth-order valence-electron chi connectivity index (χ4n) is 3.86. The van der Waals surface area contributed by atoms with Crippen LogP contribution in [0, 0.1) is 11.5 Å². The topological polar surface area (TPSA) is 46.6 Å². The van der Waals surface area contributed by atoms with Crippen molar-refractivity contribution in [3.05, 3.63) is 24.3 Å². The van der Waals surface area contributed by atoms with Crippen LogP contribution in [-0.4, -0.2) is 36.4 Å². The smallest absolute Gasteiger partial charge is 0.233 e. The van der Waals surface area contributed by atoms with Crippen molar-refractivity contribution >= 4 is 23.8 Å². The molecule has 0 saturated carbocycles. The highest BCUT2D eigenvalue weighted by Crippen LogP contribution is 2.40. The molecule has 0 N–H and O–H groups in total. The predicted molar refractivity (Wildman–Crippen MR) is 114 cm³/mol. The third-order valence-corrected chi connectivity index (χ3v) is 12.6. The van der Waals surface area contributed by atoms with Gasteiger partial charge in [0.1, 0.15) is 13.8 Å². The van der Waals surface area contributed by atoms with Crippen molar-refractivity contribution in [1.29, 1.82) is 0 Å². The summed E-state index contributed by atoms with van der Waals surface area (Å²) in [5.41, 5.74) is 5.70. The summed E-state index contributed by atoms with van der Waals surface area (Å²) in [5.74, 6) is 3.86. The van der Waals surface area contributed by atoms with Gasteiger partial charge in [-0.3, -0.25) is 4.31 Å². The summed E-state index contributed by atoms with van der Waals surface area (Å²) in [5, 5.41) is 0. The van der Waals surface area contributed by atoms with Crippen LogP contribution in [0.4, 0.5) is 5.69 Å². The molecule has 0 heterocycles. The Bertz CT molecular complexity index is 739. The number of nitrogens with zero attached hydrogens (tertiary/aromatic N) is 1. The lowest BCUT2D eigenvalue weighted by molar-refractivity contribution is 0.415. The van der Waals surface area contributed by atoms with E-state index in [1.807, 2.05) is 0 Å². The van der Waals surface area contributed by atoms with Crippen molar-refractivity contribution in [2.75, 3.05) is 24.2 Å². The van der Waals surface area contributed by atoms with Gasteiger partial charge >= 0.3 is 0 Å². The van der Waals surface area contributed by atoms with Gasteiger partial charge in [-0.2, -0.15) is 0 Å². The highest BCUT2D eigenvalue weighted by atomic mass is 32.2. The Hall–Kier alpha value is -1.45. The van der Waals surface area contributed by atoms with Crippen molar-refractivity contribution in [3.63, 3.8) is 0 Å². The van der Waals surface area contributed by atoms with E-state index >= 15 is 0 Å². The molecule has 1 rings (SSSR count). The van der Waals surface area contributed by atoms with E-state index in [0.717, 1.165) is 0 Å². The largest absolute Gasteiger partial charge is 0.497 e. The lowest BCUT2D eigenvalue weighted by Crippen LogP contribution is -2.43. The monoisotopic (exact) mass is 395 g/mol. The minimum absolute atomic E-state index is 0.160. The van der Waals surface area contributed by atoms with Gasteiger partial charge in [0.15, 0.2) is 0 Å². The molecule has 0 bridgehead atoms. The van der Waals surface area contributed by atoms with Crippen LogP contribution in [0.1, 0.15) is 41.5 Å². The first-order chi connectivity index (χ1) is 12.0. The first-order valence-corrected chi connectivity index (χ1v) is 13.2. The molecule has 0 atom stereocenters. The van der Waals surface area contributed by atoms with E-state index in [1.54, 1.807) is 31.4 Å². The summed E-state index contributed by atoms with van der Waals surface area (Å²) in [7, 11) is -3.74. The minimum Gasteiger partial charge on any atom is -0.497 e. The van der Waals surface area contributed by atoms with Gasteiger partial charge in [-0.15, -0.1) is 5.54 Å². The molecular weight excluding hydrogens is 362 g/mol. The summed E-state index contributed by atoms with van der Waals surface area (Å²) < 4.78 is 31.2. The van der Waals surface area contributed by atoms with E-state index in [2.05, 4.69) is 53.0 Å². The zero-order valence-corrected chi connectivity index (χ0v) is 19.1. The Kier molecular flexibility index (Phi) is 7.79. The highest BCUT2D eigenvalue weighted by Gasteiger charge is 2.41. The number of methoxy groups -OCH3 is 1. The van der Waals surface area contributed by atoms with Gasteiger partial charge in [-0.1, -0.05) is 53.5 Å². The Morgan fingerprint density at radius 1 is 1.08 bits per heavy atom. The van der Waals surface area contributed by atoms with Crippen LogP contribution >= 0.6 is 0 Å². The molecule has 0 aliphatic rings. The number of rotatable bonds is 7. The molecule has 146 valence electrons. The van der Waals surface area contributed by atoms with Crippen LogP contribution in [-0.2, 0) is 10.0 Å². The first-order valence-electron chi connectivity index (χ1n) is 9.08. The second kappa shape index (κ2) is 8.96. The van der Waals surface area contributed by atoms with Gasteiger partial charge < -0.3 is 4.74 Å². The fraction of sp³-hybridized carbons (Fsp3) is 0.600. The van der Waals surface area contributed by atoms with Gasteiger partial charge in [0.2, 0.25) is 10.0 Å². The van der Waals surface area contributed by atoms with Gasteiger partial charge in [0, 0.05) is 6.07 Å². The molecular formula is C20H33NO3SSi. The summed E-state index contributed by atoms with van der Waals surface area (Å²) in [6.07, 6.45) is 1.21. The molecule has 6 heteroatoms. The molecule has 0 unspecified atom stereocenters. The summed E-state index contributed by atoms with van der Waals surface area (Å²) in [4.78, 5) is 0. The SMILES string of the molecule is COc1cccc(N(CC#C[Si](C(C)C)(C(C)C)C(C)C)S(C)(=O)=O)c1. The van der Waals surface area contributed by atoms with E-state index < -0.39 is 18.1 Å². The number of hydrogen-bond donors (Lipinski definition) is 0. The molecule has 0 fully saturated rings. The van der Waals surface area contributed by atoms with Crippen molar-refractivity contribution in [2.24, 2.45) is 0 Å². The zero-order chi connectivity index (χ0) is 20.1. The quantitative estimate of drug-likeness (QED) is 0.497. The highest BCUT2D eigenvalue weighted by molar-refractivity contribution is 7.92. The van der Waals surface area contributed by atoms with Crippen LogP contribution in [0.2, 0.25) is 16.6 Å². The fourth-order valence-corrected chi connectivity index (χ4v) is 9.91. The van der Waals surface area contributed by atoms with Crippen molar-refractivity contribution < 1.29 is 13.2 Å². The van der Waals surface area contributed by atoms with Gasteiger partial charge in [-0.05, 0) is 28.8 Å². The third-order valence-electron chi connectivity index (χ3n) is 5.14. The number of sulfonamides is 1. The van der Waals surface area contributed by atoms with Crippen molar-refractivity contribution in [3.8, 4) is 17.2 Å². The molecule has 0 saturated heterocycles. The number of hydrogen-bond acceptors (Lipinski definition) is 3. The van der Waals surface area contributed by atoms with Gasteiger partial charge in [0.25, 0.3) is 0 Å². The predicted octanol–water partition coefficient (Wildman–Crippen LogP) is 4.68. The lowest BCUT2D eigenvalue weighted by atomic mass is 10.3. The Morgan fingerprint density at radius 3 is 2.04 bits per heavy atom. The zero-order valence-electron chi connectivity index (χ0n) is 17.3. The average Bonchev–Trinajstić information content (AvgIpc) is 2.52. The number of benzene rings is 1. The Morgan fingerprint density at radius 2 is 1.62 bits per heavy atom. The van der Waals surface area contributed by atoms with Crippen LogP contribution in [0.5, 0.6) is 5.75 Å². The number of ether oxygens (including phenoxy) is 1. The molecule has 0 aliphatic carbocycles. The maximum Gasteiger partial charge on any atom is 0.233 e. The average molecular weight is 396 g/mol. The maximum absolute atomic E-state index is 12.3. The van der Waals surface area contributed by atoms with Crippen LogP contribution < -0.4 is 9.04 Å². The lowest BCUT2D eigenvalue weighted by Gasteiger charge is -2.38. The standard InChI is InChI=1S/C20H33NO3SSi/c1-16(2)26(17(3)4,18(5)6)14-10-13-21(25(8,22)23)19-11-9-12-20(15-19)24-7/h9,11-12,15-18H,13H2,1-8H3. The summed E-state index contributed by atoms with van der Waals surface area (Å²) in [6, 6.07) is 7.07. The second-order valence-electron chi connectivity index (χ2n) is 7.67. The molecule has 1 aromatic rings. The van der Waals surface area contributed by atoms with E-state index in [0.29, 0.717) is 28.1 Å². The Balaban J connectivity index is 3.29. The van der Waals surface area contributed by atoms with Crippen molar-refractivity contribution in [1.82, 2.24) is 0 Å². The molecule has 0 radical (unpaired) electrons.